The maximum absolute atomic E-state index is 12.7. The van der Waals surface area contributed by atoms with Crippen molar-refractivity contribution in [2.45, 2.75) is 206 Å². The Morgan fingerprint density at radius 2 is 0.694 bits per heavy atom. The first-order valence-electron chi connectivity index (χ1n) is 22.6. The summed E-state index contributed by atoms with van der Waals surface area (Å²) in [4.78, 5) is 120. The van der Waals surface area contributed by atoms with Crippen LogP contribution in [0.3, 0.4) is 0 Å². The molecule has 0 aromatic carbocycles. The maximum Gasteiger partial charge on any atom is 0.326 e. The first kappa shape index (κ1) is 57.3. The number of rotatable bonds is 42. The van der Waals surface area contributed by atoms with Gasteiger partial charge in [0.15, 0.2) is 0 Å². The van der Waals surface area contributed by atoms with E-state index in [9.17, 15) is 68.4 Å². The summed E-state index contributed by atoms with van der Waals surface area (Å²) < 4.78 is 0. The van der Waals surface area contributed by atoms with Crippen molar-refractivity contribution in [3.05, 3.63) is 0 Å². The fraction of sp³-hybridized carbons (Fsp3) is 0.778. The highest BCUT2D eigenvalue weighted by Gasteiger charge is 2.28. The number of carboxylic acid groups (broad SMARTS) is 5. The van der Waals surface area contributed by atoms with E-state index in [1.165, 1.54) is 44.9 Å². The smallest absolute Gasteiger partial charge is 0.326 e. The van der Waals surface area contributed by atoms with Crippen molar-refractivity contribution in [2.75, 3.05) is 0 Å². The second-order valence-electron chi connectivity index (χ2n) is 16.8. The Bertz CT molecular complexity index is 1430. The summed E-state index contributed by atoms with van der Waals surface area (Å²) in [5, 5.41) is 51.6. The van der Waals surface area contributed by atoms with E-state index in [1.807, 2.05) is 0 Å². The van der Waals surface area contributed by atoms with Crippen LogP contribution in [0.1, 0.15) is 194 Å². The summed E-state index contributed by atoms with van der Waals surface area (Å²) in [5.74, 6) is -11.5. The van der Waals surface area contributed by atoms with Gasteiger partial charge >= 0.3 is 29.8 Å². The lowest BCUT2D eigenvalue weighted by molar-refractivity contribution is -0.145. The molecule has 0 spiro atoms. The third-order valence-electron chi connectivity index (χ3n) is 11.0. The molecule has 0 aliphatic carbocycles. The average molecular weight is 883 g/mol. The molecule has 17 nitrogen and oxygen atoms in total. The molecular weight excluding hydrogens is 808 g/mol. The number of carbonyl (C=O) groups excluding carboxylic acids is 5. The zero-order valence-corrected chi connectivity index (χ0v) is 37.0. The number of hydrogen-bond acceptors (Lipinski definition) is 10. The van der Waals surface area contributed by atoms with E-state index in [2.05, 4.69) is 10.6 Å². The van der Waals surface area contributed by atoms with Gasteiger partial charge in [-0.05, 0) is 38.5 Å². The third-order valence-corrected chi connectivity index (χ3v) is 11.0. The van der Waals surface area contributed by atoms with Crippen molar-refractivity contribution >= 4 is 59.0 Å². The maximum atomic E-state index is 12.7. The van der Waals surface area contributed by atoms with E-state index in [4.69, 9.17) is 5.11 Å². The largest absolute Gasteiger partial charge is 0.481 e. The van der Waals surface area contributed by atoms with Gasteiger partial charge in [0, 0.05) is 57.3 Å². The molecule has 0 bridgehead atoms. The number of nitrogens with one attached hydrogen (secondary N) is 2. The lowest BCUT2D eigenvalue weighted by Gasteiger charge is -2.17. The second kappa shape index (κ2) is 34.8. The molecule has 0 aliphatic heterocycles. The number of Topliss-reactive ketones (excluding diaryl/α,β-unsaturated/α-hetero) is 3. The molecule has 0 unspecified atom stereocenters. The van der Waals surface area contributed by atoms with Gasteiger partial charge in [0.25, 0.3) is 0 Å². The molecule has 4 atom stereocenters. The van der Waals surface area contributed by atoms with Crippen LogP contribution in [0.4, 0.5) is 0 Å². The van der Waals surface area contributed by atoms with Crippen LogP contribution in [-0.2, 0) is 47.9 Å². The number of hydrogen-bond donors (Lipinski definition) is 7. The minimum atomic E-state index is -1.53. The molecule has 0 rings (SSSR count). The van der Waals surface area contributed by atoms with Crippen molar-refractivity contribution in [3.63, 3.8) is 0 Å². The molecule has 0 saturated heterocycles. The molecule has 17 heteroatoms. The number of unbranched alkanes of at least 4 members (excludes halogenated alkanes) is 15. The Labute approximate surface area is 365 Å². The molecular formula is C45H74N2O15. The average Bonchev–Trinajstić information content (AvgIpc) is 3.19. The van der Waals surface area contributed by atoms with Crippen LogP contribution >= 0.6 is 0 Å². The number of aliphatic carboxylic acids is 5. The Morgan fingerprint density at radius 1 is 0.371 bits per heavy atom. The molecule has 0 fully saturated rings. The van der Waals surface area contributed by atoms with Gasteiger partial charge in [-0.15, -0.1) is 0 Å². The highest BCUT2D eigenvalue weighted by molar-refractivity contribution is 5.88. The van der Waals surface area contributed by atoms with Gasteiger partial charge in [-0.25, -0.2) is 9.59 Å². The summed E-state index contributed by atoms with van der Waals surface area (Å²) in [7, 11) is 0. The van der Waals surface area contributed by atoms with Crippen LogP contribution in [-0.4, -0.2) is 96.6 Å². The second-order valence-corrected chi connectivity index (χ2v) is 16.8. The highest BCUT2D eigenvalue weighted by Crippen LogP contribution is 2.19. The number of carboxylic acids is 5. The molecule has 0 radical (unpaired) electrons. The zero-order chi connectivity index (χ0) is 46.9. The van der Waals surface area contributed by atoms with Crippen molar-refractivity contribution in [1.29, 1.82) is 0 Å². The lowest BCUT2D eigenvalue weighted by Crippen LogP contribution is -2.41. The molecule has 354 valence electrons. The van der Waals surface area contributed by atoms with Gasteiger partial charge in [0.2, 0.25) is 11.8 Å². The SMILES string of the molecule is CC(C)C(=O)CC[C@H](CC(=O)CC[C@H](NC(=O)CC[C@H](CC(=O)CC[C@H](NC(=O)CCCCCCCCCCCCCCCCCCC(=O)O)C(=O)O)C(=O)O)C(=O)O)C(=O)O. The molecule has 62 heavy (non-hydrogen) atoms. The van der Waals surface area contributed by atoms with Gasteiger partial charge in [0.05, 0.1) is 11.8 Å². The summed E-state index contributed by atoms with van der Waals surface area (Å²) in [6.07, 6.45) is 14.3. The standard InChI is InChI=1S/C45H74N2O15/c1-31(2)38(50)27-21-32(42(55)56)29-34(48)24-26-37(45(61)62)47-40(52)28-22-33(43(57)58)30-35(49)23-25-36(44(59)60)46-39(51)19-17-15-13-11-9-7-5-3-4-6-8-10-12-14-16-18-20-41(53)54/h31-33,36-37H,3-30H2,1-2H3,(H,46,51)(H,47,52)(H,53,54)(H,55,56)(H,57,58)(H,59,60)(H,61,62)/t32-,33-,36+,37+/m1/s1. The van der Waals surface area contributed by atoms with Crippen molar-refractivity contribution in [2.24, 2.45) is 17.8 Å². The zero-order valence-electron chi connectivity index (χ0n) is 37.0. The van der Waals surface area contributed by atoms with E-state index in [-0.39, 0.29) is 69.5 Å². The lowest BCUT2D eigenvalue weighted by atomic mass is 9.92. The molecule has 7 N–H and O–H groups in total. The molecule has 0 aromatic heterocycles. The van der Waals surface area contributed by atoms with Gasteiger partial charge in [-0.2, -0.15) is 0 Å². The Morgan fingerprint density at radius 3 is 1.02 bits per heavy atom. The van der Waals surface area contributed by atoms with Crippen molar-refractivity contribution in [3.8, 4) is 0 Å². The monoisotopic (exact) mass is 883 g/mol. The third kappa shape index (κ3) is 31.2. The van der Waals surface area contributed by atoms with Crippen molar-refractivity contribution < 1.29 is 73.5 Å². The van der Waals surface area contributed by atoms with Crippen molar-refractivity contribution in [1.82, 2.24) is 10.6 Å². The molecule has 0 aromatic rings. The number of carbonyl (C=O) groups is 10. The Balaban J connectivity index is 4.45. The van der Waals surface area contributed by atoms with Crippen LogP contribution in [0, 0.1) is 17.8 Å². The number of amides is 2. The predicted octanol–water partition coefficient (Wildman–Crippen LogP) is 6.90. The fourth-order valence-corrected chi connectivity index (χ4v) is 6.99. The quantitative estimate of drug-likeness (QED) is 0.0307. The van der Waals surface area contributed by atoms with Crippen LogP contribution in [0.25, 0.3) is 0 Å². The van der Waals surface area contributed by atoms with E-state index in [0.717, 1.165) is 51.4 Å². The first-order valence-corrected chi connectivity index (χ1v) is 22.6. The van der Waals surface area contributed by atoms with E-state index in [1.54, 1.807) is 13.8 Å². The van der Waals surface area contributed by atoms with Crippen LogP contribution in [0.15, 0.2) is 0 Å². The molecule has 0 heterocycles. The fourth-order valence-electron chi connectivity index (χ4n) is 6.99. The Kier molecular flexibility index (Phi) is 32.2. The minimum Gasteiger partial charge on any atom is -0.481 e. The summed E-state index contributed by atoms with van der Waals surface area (Å²) >= 11 is 0. The van der Waals surface area contributed by atoms with E-state index in [0.29, 0.717) is 6.42 Å². The van der Waals surface area contributed by atoms with Gasteiger partial charge in [-0.1, -0.05) is 104 Å². The van der Waals surface area contributed by atoms with E-state index >= 15 is 0 Å². The summed E-state index contributed by atoms with van der Waals surface area (Å²) in [5.41, 5.74) is 0. The minimum absolute atomic E-state index is 0.0205. The predicted molar refractivity (Wildman–Crippen MR) is 228 cm³/mol. The van der Waals surface area contributed by atoms with Gasteiger partial charge in [-0.3, -0.25) is 38.4 Å². The molecule has 0 saturated carbocycles. The topological polar surface area (TPSA) is 296 Å². The van der Waals surface area contributed by atoms with Gasteiger partial charge < -0.3 is 36.2 Å². The highest BCUT2D eigenvalue weighted by atomic mass is 16.4. The van der Waals surface area contributed by atoms with Gasteiger partial charge in [0.1, 0.15) is 29.4 Å². The molecule has 0 aliphatic rings. The van der Waals surface area contributed by atoms with Crippen LogP contribution in [0.2, 0.25) is 0 Å². The number of ketones is 3. The Hall–Kier alpha value is -4.70. The van der Waals surface area contributed by atoms with Crippen LogP contribution in [0.5, 0.6) is 0 Å². The summed E-state index contributed by atoms with van der Waals surface area (Å²) in [6.45, 7) is 3.35. The van der Waals surface area contributed by atoms with Crippen LogP contribution < -0.4 is 10.6 Å². The summed E-state index contributed by atoms with van der Waals surface area (Å²) in [6, 6.07) is -2.88. The van der Waals surface area contributed by atoms with E-state index < -0.39 is 96.4 Å². The normalized spacial score (nSPS) is 13.1. The molecule has 2 amide bonds. The first-order chi connectivity index (χ1) is 29.3.